The highest BCUT2D eigenvalue weighted by molar-refractivity contribution is 5.75. The second-order valence-electron chi connectivity index (χ2n) is 2.85. The molecule has 0 atom stereocenters. The van der Waals surface area contributed by atoms with E-state index >= 15 is 0 Å². The molecule has 1 aliphatic heterocycles. The summed E-state index contributed by atoms with van der Waals surface area (Å²) < 4.78 is 0. The number of hydrogen-bond acceptors (Lipinski definition) is 1. The molecule has 1 heteroatoms. The fraction of sp³-hybridized carbons (Fsp3) is 0. The smallest absolute Gasteiger partial charge is 0.00106 e. The summed E-state index contributed by atoms with van der Waals surface area (Å²) in [5, 5.41) is 3.03. The van der Waals surface area contributed by atoms with Crippen molar-refractivity contribution in [3.63, 3.8) is 0 Å². The highest BCUT2D eigenvalue weighted by atomic mass is 14.8. The maximum Gasteiger partial charge on any atom is 0.00106 e. The van der Waals surface area contributed by atoms with Crippen LogP contribution in [0.5, 0.6) is 0 Å². The van der Waals surface area contributed by atoms with Crippen LogP contribution in [0.3, 0.4) is 0 Å². The Morgan fingerprint density at radius 2 is 1.77 bits per heavy atom. The molecule has 0 amide bonds. The van der Waals surface area contributed by atoms with Crippen LogP contribution in [0.15, 0.2) is 61.0 Å². The molecule has 0 unspecified atom stereocenters. The molecule has 64 valence electrons. The molecule has 0 radical (unpaired) electrons. The van der Waals surface area contributed by atoms with Crippen molar-refractivity contribution >= 4 is 5.57 Å². The number of nitrogens with one attached hydrogen (secondary N) is 1. The summed E-state index contributed by atoms with van der Waals surface area (Å²) in [6, 6.07) is 10.3. The lowest BCUT2D eigenvalue weighted by atomic mass is 10.1. The van der Waals surface area contributed by atoms with E-state index in [-0.39, 0.29) is 0 Å². The molecule has 0 fully saturated rings. The Morgan fingerprint density at radius 1 is 0.923 bits per heavy atom. The van der Waals surface area contributed by atoms with Crippen molar-refractivity contribution in [2.45, 2.75) is 0 Å². The van der Waals surface area contributed by atoms with Crippen molar-refractivity contribution in [2.75, 3.05) is 0 Å². The highest BCUT2D eigenvalue weighted by Crippen LogP contribution is 2.15. The van der Waals surface area contributed by atoms with Gasteiger partial charge in [-0.3, -0.25) is 0 Å². The van der Waals surface area contributed by atoms with Gasteiger partial charge in [-0.2, -0.15) is 0 Å². The normalized spacial score (nSPS) is 14.6. The van der Waals surface area contributed by atoms with Crippen LogP contribution >= 0.6 is 0 Å². The minimum absolute atomic E-state index is 1.22. The Bertz CT molecular complexity index is 358. The predicted molar refractivity (Wildman–Crippen MR) is 55.8 cm³/mol. The van der Waals surface area contributed by atoms with E-state index < -0.39 is 0 Å². The molecule has 1 aromatic rings. The third kappa shape index (κ3) is 1.88. The topological polar surface area (TPSA) is 12.0 Å². The zero-order valence-corrected chi connectivity index (χ0v) is 7.27. The maximum absolute atomic E-state index is 3.03. The summed E-state index contributed by atoms with van der Waals surface area (Å²) in [5.41, 5.74) is 2.47. The van der Waals surface area contributed by atoms with Crippen molar-refractivity contribution in [1.82, 2.24) is 5.32 Å². The molecule has 1 aromatic carbocycles. The van der Waals surface area contributed by atoms with Gasteiger partial charge in [-0.15, -0.1) is 0 Å². The summed E-state index contributed by atoms with van der Waals surface area (Å²) in [6.45, 7) is 0. The number of benzene rings is 1. The molecular formula is C12H11N. The lowest BCUT2D eigenvalue weighted by molar-refractivity contribution is 1.20. The van der Waals surface area contributed by atoms with E-state index in [2.05, 4.69) is 29.6 Å². The summed E-state index contributed by atoms with van der Waals surface area (Å²) in [4.78, 5) is 0. The lowest BCUT2D eigenvalue weighted by Crippen LogP contribution is -1.88. The van der Waals surface area contributed by atoms with Gasteiger partial charge in [0.05, 0.1) is 0 Å². The van der Waals surface area contributed by atoms with Gasteiger partial charge in [0.25, 0.3) is 0 Å². The van der Waals surface area contributed by atoms with Gasteiger partial charge >= 0.3 is 0 Å². The van der Waals surface area contributed by atoms with E-state index in [1.165, 1.54) is 11.1 Å². The first kappa shape index (κ1) is 7.87. The quantitative estimate of drug-likeness (QED) is 0.681. The Labute approximate surface area is 78.1 Å². The van der Waals surface area contributed by atoms with E-state index in [0.717, 1.165) is 0 Å². The van der Waals surface area contributed by atoms with Crippen LogP contribution in [0.25, 0.3) is 5.57 Å². The Hall–Kier alpha value is -1.76. The zero-order valence-electron chi connectivity index (χ0n) is 7.27. The van der Waals surface area contributed by atoms with Crippen molar-refractivity contribution < 1.29 is 0 Å². The van der Waals surface area contributed by atoms with Crippen LogP contribution < -0.4 is 5.32 Å². The van der Waals surface area contributed by atoms with Gasteiger partial charge in [-0.1, -0.05) is 36.4 Å². The first-order valence-corrected chi connectivity index (χ1v) is 4.32. The second kappa shape index (κ2) is 3.76. The number of allylic oxidation sites excluding steroid dienone is 4. The molecule has 2 rings (SSSR count). The van der Waals surface area contributed by atoms with E-state index in [1.54, 1.807) is 0 Å². The van der Waals surface area contributed by atoms with Crippen LogP contribution in [-0.4, -0.2) is 0 Å². The molecule has 1 N–H and O–H groups in total. The minimum Gasteiger partial charge on any atom is -0.368 e. The predicted octanol–water partition coefficient (Wildman–Crippen LogP) is 2.70. The number of hydrogen-bond donors (Lipinski definition) is 1. The fourth-order valence-electron chi connectivity index (χ4n) is 1.28. The molecule has 0 bridgehead atoms. The van der Waals surface area contributed by atoms with Crippen LogP contribution in [-0.2, 0) is 0 Å². The van der Waals surface area contributed by atoms with Gasteiger partial charge in [0.2, 0.25) is 0 Å². The number of rotatable bonds is 1. The third-order valence-electron chi connectivity index (χ3n) is 1.93. The van der Waals surface area contributed by atoms with Crippen molar-refractivity contribution in [1.29, 1.82) is 0 Å². The van der Waals surface area contributed by atoms with Gasteiger partial charge in [-0.25, -0.2) is 0 Å². The summed E-state index contributed by atoms with van der Waals surface area (Å²) in [6.07, 6.45) is 10.00. The van der Waals surface area contributed by atoms with Crippen molar-refractivity contribution in [3.05, 3.63) is 66.5 Å². The maximum atomic E-state index is 3.03. The lowest BCUT2D eigenvalue weighted by Gasteiger charge is -1.99. The van der Waals surface area contributed by atoms with E-state index in [4.69, 9.17) is 0 Å². The summed E-state index contributed by atoms with van der Waals surface area (Å²) in [5.74, 6) is 0. The van der Waals surface area contributed by atoms with E-state index in [1.807, 2.05) is 36.7 Å². The molecule has 1 heterocycles. The summed E-state index contributed by atoms with van der Waals surface area (Å²) >= 11 is 0. The van der Waals surface area contributed by atoms with Crippen LogP contribution in [0.1, 0.15) is 5.56 Å². The van der Waals surface area contributed by atoms with Gasteiger partial charge in [-0.05, 0) is 23.3 Å². The average Bonchev–Trinajstić information content (AvgIpc) is 2.47. The Morgan fingerprint density at radius 3 is 2.62 bits per heavy atom. The molecule has 13 heavy (non-hydrogen) atoms. The average molecular weight is 169 g/mol. The van der Waals surface area contributed by atoms with Gasteiger partial charge in [0, 0.05) is 12.4 Å². The molecule has 0 spiro atoms. The molecule has 1 nitrogen and oxygen atoms in total. The molecular weight excluding hydrogens is 158 g/mol. The third-order valence-corrected chi connectivity index (χ3v) is 1.93. The molecule has 0 aliphatic carbocycles. The molecule has 0 aromatic heterocycles. The van der Waals surface area contributed by atoms with E-state index in [9.17, 15) is 0 Å². The van der Waals surface area contributed by atoms with Gasteiger partial charge < -0.3 is 5.32 Å². The minimum atomic E-state index is 1.22. The molecule has 0 saturated carbocycles. The van der Waals surface area contributed by atoms with Crippen LogP contribution in [0, 0.1) is 0 Å². The van der Waals surface area contributed by atoms with E-state index in [0.29, 0.717) is 0 Å². The molecule has 1 aliphatic rings. The standard InChI is InChI=1S/C12H11N/c1-2-5-11(6-3-1)12-7-4-9-13-10-8-12/h1-10,13H. The van der Waals surface area contributed by atoms with Gasteiger partial charge in [0.1, 0.15) is 0 Å². The first-order valence-electron chi connectivity index (χ1n) is 4.32. The SMILES string of the molecule is C1=CNC=CC(c2ccccc2)=C1. The van der Waals surface area contributed by atoms with Gasteiger partial charge in [0.15, 0.2) is 0 Å². The highest BCUT2D eigenvalue weighted by Gasteiger charge is 1.95. The zero-order chi connectivity index (χ0) is 8.93. The molecule has 0 saturated heterocycles. The fourth-order valence-corrected chi connectivity index (χ4v) is 1.28. The van der Waals surface area contributed by atoms with Crippen LogP contribution in [0.4, 0.5) is 0 Å². The second-order valence-corrected chi connectivity index (χ2v) is 2.85. The van der Waals surface area contributed by atoms with Crippen LogP contribution in [0.2, 0.25) is 0 Å². The monoisotopic (exact) mass is 169 g/mol. The van der Waals surface area contributed by atoms with Crippen molar-refractivity contribution in [3.8, 4) is 0 Å². The summed E-state index contributed by atoms with van der Waals surface area (Å²) in [7, 11) is 0. The van der Waals surface area contributed by atoms with Crippen molar-refractivity contribution in [2.24, 2.45) is 0 Å². The Kier molecular flexibility index (Phi) is 2.28. The largest absolute Gasteiger partial charge is 0.368 e. The Balaban J connectivity index is 2.36. The first-order chi connectivity index (χ1) is 6.47.